The van der Waals surface area contributed by atoms with Crippen LogP contribution in [0.3, 0.4) is 0 Å². The van der Waals surface area contributed by atoms with Crippen LogP contribution < -0.4 is 10.9 Å². The lowest BCUT2D eigenvalue weighted by atomic mass is 10.1. The maximum absolute atomic E-state index is 12.5. The molecule has 3 aromatic rings. The molecule has 0 aliphatic rings. The van der Waals surface area contributed by atoms with Gasteiger partial charge in [-0.05, 0) is 19.1 Å². The van der Waals surface area contributed by atoms with Gasteiger partial charge in [0, 0.05) is 29.4 Å². The van der Waals surface area contributed by atoms with Gasteiger partial charge < -0.3 is 20.1 Å². The van der Waals surface area contributed by atoms with Gasteiger partial charge in [0.1, 0.15) is 12.1 Å². The Hall–Kier alpha value is -3.20. The number of hydrogen-bond donors (Lipinski definition) is 3. The highest BCUT2D eigenvalue weighted by atomic mass is 32.1. The van der Waals surface area contributed by atoms with Crippen LogP contribution >= 0.6 is 11.3 Å². The van der Waals surface area contributed by atoms with E-state index in [1.165, 1.54) is 23.0 Å². The molecule has 3 rings (SSSR count). The molecule has 0 spiro atoms. The summed E-state index contributed by atoms with van der Waals surface area (Å²) >= 11 is 1.22. The summed E-state index contributed by atoms with van der Waals surface area (Å²) in [4.78, 5) is 40.3. The normalized spacial score (nSPS) is 10.8. The number of fused-ring (bicyclic) bond motifs is 1. The Balaban J connectivity index is 2.19. The molecule has 0 bridgehead atoms. The smallest absolute Gasteiger partial charge is 0.322 e. The SMILES string of the molecule is Cc1ncccc1-c1cc2c(s1)c(O)c(C(=O)NCC(=O)O)c(=O)n2C. The van der Waals surface area contributed by atoms with E-state index in [0.717, 1.165) is 16.1 Å². The summed E-state index contributed by atoms with van der Waals surface area (Å²) in [6, 6.07) is 5.42. The molecule has 0 aliphatic carbocycles. The summed E-state index contributed by atoms with van der Waals surface area (Å²) in [6.07, 6.45) is 1.67. The number of amides is 1. The van der Waals surface area contributed by atoms with E-state index >= 15 is 0 Å². The number of carboxylic acid groups (broad SMARTS) is 1. The Morgan fingerprint density at radius 1 is 1.38 bits per heavy atom. The van der Waals surface area contributed by atoms with E-state index in [-0.39, 0.29) is 0 Å². The van der Waals surface area contributed by atoms with Crippen LogP contribution in [-0.2, 0) is 11.8 Å². The van der Waals surface area contributed by atoms with E-state index in [9.17, 15) is 19.5 Å². The molecule has 3 aromatic heterocycles. The summed E-state index contributed by atoms with van der Waals surface area (Å²) in [5.41, 5.74) is 0.952. The zero-order valence-corrected chi connectivity index (χ0v) is 14.8. The van der Waals surface area contributed by atoms with Crippen LogP contribution in [0.4, 0.5) is 0 Å². The number of aromatic nitrogens is 2. The van der Waals surface area contributed by atoms with Gasteiger partial charge in [0.25, 0.3) is 11.5 Å². The van der Waals surface area contributed by atoms with Crippen molar-refractivity contribution < 1.29 is 19.8 Å². The predicted molar refractivity (Wildman–Crippen MR) is 96.7 cm³/mol. The van der Waals surface area contributed by atoms with Crippen LogP contribution in [0.2, 0.25) is 0 Å². The van der Waals surface area contributed by atoms with Crippen molar-refractivity contribution in [2.24, 2.45) is 7.05 Å². The van der Waals surface area contributed by atoms with Crippen LogP contribution in [0.1, 0.15) is 16.1 Å². The minimum atomic E-state index is -1.25. The average Bonchev–Trinajstić information content (AvgIpc) is 3.04. The zero-order valence-electron chi connectivity index (χ0n) is 13.9. The van der Waals surface area contributed by atoms with Crippen LogP contribution in [0.25, 0.3) is 20.7 Å². The molecule has 1 amide bonds. The minimum absolute atomic E-state index is 0.367. The number of nitrogens with one attached hydrogen (secondary N) is 1. The molecule has 0 radical (unpaired) electrons. The number of aliphatic carboxylic acids is 1. The summed E-state index contributed by atoms with van der Waals surface area (Å²) in [5.74, 6) is -2.63. The van der Waals surface area contributed by atoms with Crippen molar-refractivity contribution in [1.29, 1.82) is 0 Å². The highest BCUT2D eigenvalue weighted by molar-refractivity contribution is 7.22. The first-order valence-electron chi connectivity index (χ1n) is 7.58. The first-order chi connectivity index (χ1) is 12.3. The quantitative estimate of drug-likeness (QED) is 0.637. The van der Waals surface area contributed by atoms with Gasteiger partial charge >= 0.3 is 5.97 Å². The monoisotopic (exact) mass is 373 g/mol. The maximum atomic E-state index is 12.5. The molecule has 0 unspecified atom stereocenters. The van der Waals surface area contributed by atoms with Crippen molar-refractivity contribution in [2.75, 3.05) is 6.54 Å². The molecule has 0 saturated heterocycles. The third kappa shape index (κ3) is 2.93. The Morgan fingerprint density at radius 2 is 2.12 bits per heavy atom. The van der Waals surface area contributed by atoms with Gasteiger partial charge in [0.15, 0.2) is 5.75 Å². The van der Waals surface area contributed by atoms with Crippen LogP contribution in [0.15, 0.2) is 29.2 Å². The number of carboxylic acids is 1. The third-order valence-electron chi connectivity index (χ3n) is 3.94. The second-order valence-electron chi connectivity index (χ2n) is 5.63. The molecular weight excluding hydrogens is 358 g/mol. The van der Waals surface area contributed by atoms with Crippen molar-refractivity contribution in [2.45, 2.75) is 6.92 Å². The molecule has 26 heavy (non-hydrogen) atoms. The third-order valence-corrected chi connectivity index (χ3v) is 5.11. The molecule has 8 nitrogen and oxygen atoms in total. The summed E-state index contributed by atoms with van der Waals surface area (Å²) < 4.78 is 1.63. The number of hydrogen-bond acceptors (Lipinski definition) is 6. The second kappa shape index (κ2) is 6.60. The predicted octanol–water partition coefficient (Wildman–Crippen LogP) is 1.49. The molecule has 9 heteroatoms. The molecule has 3 N–H and O–H groups in total. The lowest BCUT2D eigenvalue weighted by Crippen LogP contribution is -2.35. The first-order valence-corrected chi connectivity index (χ1v) is 8.40. The van der Waals surface area contributed by atoms with E-state index in [1.807, 2.05) is 13.0 Å². The number of nitrogens with zero attached hydrogens (tertiary/aromatic N) is 2. The summed E-state index contributed by atoms with van der Waals surface area (Å²) in [7, 11) is 1.49. The highest BCUT2D eigenvalue weighted by Crippen LogP contribution is 2.39. The molecule has 134 valence electrons. The fourth-order valence-corrected chi connectivity index (χ4v) is 3.83. The lowest BCUT2D eigenvalue weighted by molar-refractivity contribution is -0.135. The van der Waals surface area contributed by atoms with Crippen LogP contribution in [-0.4, -0.2) is 38.2 Å². The average molecular weight is 373 g/mol. The second-order valence-corrected chi connectivity index (χ2v) is 6.68. The fraction of sp³-hybridized carbons (Fsp3) is 0.176. The van der Waals surface area contributed by atoms with Gasteiger partial charge in [-0.1, -0.05) is 6.07 Å². The van der Waals surface area contributed by atoms with Gasteiger partial charge in [-0.15, -0.1) is 11.3 Å². The van der Waals surface area contributed by atoms with Crippen molar-refractivity contribution >= 4 is 33.4 Å². The molecule has 0 saturated carbocycles. The minimum Gasteiger partial charge on any atom is -0.505 e. The molecule has 0 aliphatic heterocycles. The van der Waals surface area contributed by atoms with Gasteiger partial charge in [-0.3, -0.25) is 19.4 Å². The van der Waals surface area contributed by atoms with E-state index in [1.54, 1.807) is 18.3 Å². The van der Waals surface area contributed by atoms with E-state index < -0.39 is 35.3 Å². The molecule has 0 fully saturated rings. The number of rotatable bonds is 4. The van der Waals surface area contributed by atoms with Crippen molar-refractivity contribution in [1.82, 2.24) is 14.9 Å². The van der Waals surface area contributed by atoms with Crippen LogP contribution in [0.5, 0.6) is 5.75 Å². The summed E-state index contributed by atoms with van der Waals surface area (Å²) in [5, 5.41) is 21.3. The molecule has 0 aromatic carbocycles. The first kappa shape index (κ1) is 17.6. The summed E-state index contributed by atoms with van der Waals surface area (Å²) in [6.45, 7) is 1.20. The fourth-order valence-electron chi connectivity index (χ4n) is 2.62. The van der Waals surface area contributed by atoms with Crippen LogP contribution in [0, 0.1) is 6.92 Å². The van der Waals surface area contributed by atoms with Crippen molar-refractivity contribution in [3.63, 3.8) is 0 Å². The highest BCUT2D eigenvalue weighted by Gasteiger charge is 2.23. The number of pyridine rings is 2. The number of carbonyl (C=O) groups is 2. The van der Waals surface area contributed by atoms with Gasteiger partial charge in [-0.2, -0.15) is 0 Å². The standard InChI is InChI=1S/C17H15N3O5S/c1-8-9(4-3-5-18-8)11-6-10-15(26-11)14(23)13(17(25)20(10)2)16(24)19-7-12(21)22/h3-6,23H,7H2,1-2H3,(H,19,24)(H,21,22). The molecular formula is C17H15N3O5S. The van der Waals surface area contributed by atoms with E-state index in [2.05, 4.69) is 10.3 Å². The number of thiophene rings is 1. The van der Waals surface area contributed by atoms with Gasteiger partial charge in [0.05, 0.1) is 10.2 Å². The van der Waals surface area contributed by atoms with Crippen molar-refractivity contribution in [3.8, 4) is 16.2 Å². The number of carbonyl (C=O) groups excluding carboxylic acids is 1. The van der Waals surface area contributed by atoms with Gasteiger partial charge in [0.2, 0.25) is 0 Å². The Kier molecular flexibility index (Phi) is 4.47. The molecule has 0 atom stereocenters. The molecule has 3 heterocycles. The number of aromatic hydroxyl groups is 1. The van der Waals surface area contributed by atoms with Gasteiger partial charge in [-0.25, -0.2) is 0 Å². The van der Waals surface area contributed by atoms with E-state index in [0.29, 0.717) is 10.2 Å². The Labute approximate surface area is 151 Å². The maximum Gasteiger partial charge on any atom is 0.322 e. The lowest BCUT2D eigenvalue weighted by Gasteiger charge is -2.08. The number of aryl methyl sites for hydroxylation is 2. The largest absolute Gasteiger partial charge is 0.505 e. The zero-order chi connectivity index (χ0) is 19.0. The Morgan fingerprint density at radius 3 is 2.77 bits per heavy atom. The topological polar surface area (TPSA) is 122 Å². The van der Waals surface area contributed by atoms with E-state index in [4.69, 9.17) is 5.11 Å². The van der Waals surface area contributed by atoms with Crippen molar-refractivity contribution in [3.05, 3.63) is 46.0 Å². The Bertz CT molecular complexity index is 1100.